The summed E-state index contributed by atoms with van der Waals surface area (Å²) in [7, 11) is 0. The molecule has 1 aromatic rings. The predicted octanol–water partition coefficient (Wildman–Crippen LogP) is 4.79. The molecule has 2 saturated heterocycles. The third-order valence-electron chi connectivity index (χ3n) is 6.20. The number of benzene rings is 1. The van der Waals surface area contributed by atoms with E-state index >= 15 is 0 Å². The average molecular weight is 349 g/mol. The van der Waals surface area contributed by atoms with Crippen molar-refractivity contribution in [2.45, 2.75) is 63.5 Å². The van der Waals surface area contributed by atoms with Gasteiger partial charge in [0.15, 0.2) is 0 Å². The van der Waals surface area contributed by atoms with Crippen molar-refractivity contribution >= 4 is 0 Å². The van der Waals surface area contributed by atoms with Crippen molar-refractivity contribution in [1.29, 1.82) is 0 Å². The van der Waals surface area contributed by atoms with Crippen molar-refractivity contribution in [2.75, 3.05) is 26.2 Å². The zero-order valence-electron chi connectivity index (χ0n) is 16.0. The Labute approximate surface area is 159 Å². The molecular weight excluding hydrogens is 316 g/mol. The third-order valence-corrected chi connectivity index (χ3v) is 6.20. The summed E-state index contributed by atoms with van der Waals surface area (Å²) in [5.74, 6) is 7.26. The van der Waals surface area contributed by atoms with Gasteiger partial charge in [-0.1, -0.05) is 48.2 Å². The number of likely N-dealkylation sites (tertiary alicyclic amines) is 2. The van der Waals surface area contributed by atoms with E-state index in [1.807, 2.05) is 0 Å². The lowest BCUT2D eigenvalue weighted by atomic mass is 9.98. The molecule has 0 amide bonds. The minimum atomic E-state index is 0.245. The molecule has 0 spiro atoms. The smallest absolute Gasteiger partial charge is 0.0977 e. The van der Waals surface area contributed by atoms with Gasteiger partial charge in [0.25, 0.3) is 0 Å². The van der Waals surface area contributed by atoms with Gasteiger partial charge >= 0.3 is 0 Å². The number of allylic oxidation sites excluding steroid dienone is 2. The summed E-state index contributed by atoms with van der Waals surface area (Å²) in [6, 6.07) is 11.9. The lowest BCUT2D eigenvalue weighted by Gasteiger charge is -2.32. The van der Waals surface area contributed by atoms with Crippen LogP contribution in [0.3, 0.4) is 0 Å². The molecule has 0 bridgehead atoms. The first-order chi connectivity index (χ1) is 12.9. The van der Waals surface area contributed by atoms with Gasteiger partial charge < -0.3 is 4.90 Å². The normalized spacial score (nSPS) is 25.5. The van der Waals surface area contributed by atoms with Gasteiger partial charge in [0, 0.05) is 19.1 Å². The van der Waals surface area contributed by atoms with Crippen LogP contribution in [0.25, 0.3) is 0 Å². The Balaban J connectivity index is 1.55. The van der Waals surface area contributed by atoms with Crippen LogP contribution in [0.4, 0.5) is 0 Å². The maximum Gasteiger partial charge on any atom is 0.0977 e. The Morgan fingerprint density at radius 1 is 0.962 bits per heavy atom. The lowest BCUT2D eigenvalue weighted by Crippen LogP contribution is -2.41. The number of hydrogen-bond donors (Lipinski definition) is 0. The highest BCUT2D eigenvalue weighted by Gasteiger charge is 2.32. The molecule has 0 aromatic heterocycles. The molecule has 2 nitrogen and oxygen atoms in total. The Morgan fingerprint density at radius 3 is 2.58 bits per heavy atom. The highest BCUT2D eigenvalue weighted by atomic mass is 15.3. The van der Waals surface area contributed by atoms with Crippen molar-refractivity contribution in [3.63, 3.8) is 0 Å². The second-order valence-corrected chi connectivity index (χ2v) is 8.10. The van der Waals surface area contributed by atoms with Gasteiger partial charge in [-0.3, -0.25) is 4.90 Å². The fraction of sp³-hybridized carbons (Fsp3) is 0.583. The molecule has 138 valence electrons. The maximum absolute atomic E-state index is 3.69. The van der Waals surface area contributed by atoms with E-state index in [9.17, 15) is 0 Å². The van der Waals surface area contributed by atoms with Crippen LogP contribution < -0.4 is 0 Å². The van der Waals surface area contributed by atoms with Gasteiger partial charge in [-0.25, -0.2) is 0 Å². The van der Waals surface area contributed by atoms with Crippen LogP contribution >= 0.6 is 0 Å². The fourth-order valence-electron chi connectivity index (χ4n) is 4.76. The van der Waals surface area contributed by atoms with Crippen LogP contribution in [0.5, 0.6) is 0 Å². The quantitative estimate of drug-likeness (QED) is 0.722. The zero-order chi connectivity index (χ0) is 17.6. The summed E-state index contributed by atoms with van der Waals surface area (Å²) in [6.45, 7) is 5.00. The van der Waals surface area contributed by atoms with Crippen molar-refractivity contribution in [2.24, 2.45) is 0 Å². The predicted molar refractivity (Wildman–Crippen MR) is 109 cm³/mol. The van der Waals surface area contributed by atoms with Crippen LogP contribution in [0.15, 0.2) is 42.0 Å². The second-order valence-electron chi connectivity index (χ2n) is 8.10. The van der Waals surface area contributed by atoms with Crippen molar-refractivity contribution in [1.82, 2.24) is 9.80 Å². The first-order valence-corrected chi connectivity index (χ1v) is 10.6. The van der Waals surface area contributed by atoms with Gasteiger partial charge in [0.05, 0.1) is 6.04 Å². The lowest BCUT2D eigenvalue weighted by molar-refractivity contribution is 0.169. The first kappa shape index (κ1) is 17.8. The van der Waals surface area contributed by atoms with E-state index in [0.29, 0.717) is 6.04 Å². The largest absolute Gasteiger partial charge is 0.302 e. The molecule has 1 aliphatic carbocycles. The number of nitrogens with zero attached hydrogens (tertiary/aromatic N) is 2. The number of rotatable bonds is 4. The molecule has 2 heteroatoms. The summed E-state index contributed by atoms with van der Waals surface area (Å²) < 4.78 is 0. The summed E-state index contributed by atoms with van der Waals surface area (Å²) in [5.41, 5.74) is 2.73. The molecule has 0 N–H and O–H groups in total. The Hall–Kier alpha value is -1.56. The molecule has 2 aliphatic heterocycles. The topological polar surface area (TPSA) is 6.48 Å². The molecule has 2 heterocycles. The van der Waals surface area contributed by atoms with Gasteiger partial charge in [-0.2, -0.15) is 0 Å². The molecule has 2 atom stereocenters. The zero-order valence-corrected chi connectivity index (χ0v) is 16.0. The Morgan fingerprint density at radius 2 is 1.81 bits per heavy atom. The van der Waals surface area contributed by atoms with E-state index < -0.39 is 0 Å². The van der Waals surface area contributed by atoms with Crippen molar-refractivity contribution in [3.8, 4) is 11.8 Å². The summed E-state index contributed by atoms with van der Waals surface area (Å²) in [5, 5.41) is 0. The number of hydrogen-bond acceptors (Lipinski definition) is 2. The second kappa shape index (κ2) is 8.89. The van der Waals surface area contributed by atoms with Crippen LogP contribution in [-0.4, -0.2) is 42.0 Å². The fourth-order valence-corrected chi connectivity index (χ4v) is 4.76. The van der Waals surface area contributed by atoms with E-state index in [4.69, 9.17) is 0 Å². The molecule has 2 fully saturated rings. The molecule has 0 saturated carbocycles. The standard InChI is InChI=1S/C24H32N2/c1-3-10-21(11-4-1)15-16-24(22-12-5-2-6-13-22)26-19-9-14-23(26)20-25-17-7-8-18-25/h2,5-6,10,12-13,23-24H,1,3-4,7-9,11,14,17-20H2/t23-,24+/m0/s1. The molecule has 4 rings (SSSR count). The minimum Gasteiger partial charge on any atom is -0.302 e. The molecule has 26 heavy (non-hydrogen) atoms. The first-order valence-electron chi connectivity index (χ1n) is 10.6. The maximum atomic E-state index is 3.69. The highest BCUT2D eigenvalue weighted by Crippen LogP contribution is 2.30. The van der Waals surface area contributed by atoms with Gasteiger partial charge in [0.1, 0.15) is 0 Å². The Kier molecular flexibility index (Phi) is 6.10. The molecule has 0 unspecified atom stereocenters. The Bertz CT molecular complexity index is 660. The van der Waals surface area contributed by atoms with Crippen LogP contribution in [0.2, 0.25) is 0 Å². The van der Waals surface area contributed by atoms with Crippen LogP contribution in [-0.2, 0) is 0 Å². The van der Waals surface area contributed by atoms with E-state index in [1.54, 1.807) is 0 Å². The van der Waals surface area contributed by atoms with E-state index in [1.165, 1.54) is 88.7 Å². The SMILES string of the molecule is C(#C[C@H](c1ccccc1)N1CCC[C@H]1CN1CCCC1)C1=CCCCC1. The van der Waals surface area contributed by atoms with Gasteiger partial charge in [0.2, 0.25) is 0 Å². The van der Waals surface area contributed by atoms with E-state index in [0.717, 1.165) is 0 Å². The molecule has 0 radical (unpaired) electrons. The monoisotopic (exact) mass is 348 g/mol. The van der Waals surface area contributed by atoms with E-state index in [-0.39, 0.29) is 6.04 Å². The summed E-state index contributed by atoms with van der Waals surface area (Å²) in [6.07, 6.45) is 12.8. The molecular formula is C24H32N2. The van der Waals surface area contributed by atoms with Gasteiger partial charge in [-0.15, -0.1) is 0 Å². The van der Waals surface area contributed by atoms with E-state index in [2.05, 4.69) is 58.0 Å². The van der Waals surface area contributed by atoms with Crippen molar-refractivity contribution in [3.05, 3.63) is 47.5 Å². The van der Waals surface area contributed by atoms with Gasteiger partial charge in [-0.05, 0) is 75.6 Å². The third kappa shape index (κ3) is 4.40. The average Bonchev–Trinajstić information content (AvgIpc) is 3.37. The minimum absolute atomic E-state index is 0.245. The van der Waals surface area contributed by atoms with Crippen molar-refractivity contribution < 1.29 is 0 Å². The van der Waals surface area contributed by atoms with Crippen LogP contribution in [0, 0.1) is 11.8 Å². The molecule has 3 aliphatic rings. The van der Waals surface area contributed by atoms with Crippen LogP contribution in [0.1, 0.15) is 63.0 Å². The molecule has 1 aromatic carbocycles. The summed E-state index contributed by atoms with van der Waals surface area (Å²) in [4.78, 5) is 5.37. The summed E-state index contributed by atoms with van der Waals surface area (Å²) >= 11 is 0. The highest BCUT2D eigenvalue weighted by molar-refractivity contribution is 5.35.